The number of ether oxygens (including phenoxy) is 1. The van der Waals surface area contributed by atoms with Crippen LogP contribution in [0.1, 0.15) is 6.42 Å². The minimum absolute atomic E-state index is 0.461. The highest BCUT2D eigenvalue weighted by molar-refractivity contribution is 5.30. The lowest BCUT2D eigenvalue weighted by molar-refractivity contribution is 0.120. The van der Waals surface area contributed by atoms with Gasteiger partial charge in [0.15, 0.2) is 0 Å². The van der Waals surface area contributed by atoms with Crippen LogP contribution >= 0.6 is 0 Å². The van der Waals surface area contributed by atoms with Gasteiger partial charge in [-0.2, -0.15) is 0 Å². The van der Waals surface area contributed by atoms with E-state index in [0.29, 0.717) is 25.2 Å². The molecular weight excluding hydrogens is 208 g/mol. The zero-order valence-corrected chi connectivity index (χ0v) is 9.19. The normalized spacial score (nSPS) is 16.1. The van der Waals surface area contributed by atoms with Gasteiger partial charge in [-0.3, -0.25) is 0 Å². The summed E-state index contributed by atoms with van der Waals surface area (Å²) < 4.78 is 10.7. The largest absolute Gasteiger partial charge is 0.389 e. The molecule has 1 fully saturated rings. The van der Waals surface area contributed by atoms with Crippen molar-refractivity contribution in [2.75, 3.05) is 43.1 Å². The second kappa shape index (κ2) is 5.50. The molecule has 6 nitrogen and oxygen atoms in total. The number of hydrogen-bond acceptors (Lipinski definition) is 6. The second-order valence-electron chi connectivity index (χ2n) is 3.49. The third kappa shape index (κ3) is 2.73. The van der Waals surface area contributed by atoms with Crippen LogP contribution in [0.25, 0.3) is 0 Å². The van der Waals surface area contributed by atoms with Crippen molar-refractivity contribution in [2.45, 2.75) is 6.42 Å². The lowest BCUT2D eigenvalue weighted by atomic mass is 10.4. The Morgan fingerprint density at radius 2 is 2.19 bits per heavy atom. The molecule has 0 amide bonds. The molecule has 0 radical (unpaired) electrons. The molecule has 0 aliphatic carbocycles. The third-order valence-corrected chi connectivity index (χ3v) is 2.32. The van der Waals surface area contributed by atoms with Gasteiger partial charge in [0.25, 0.3) is 0 Å². The topological polar surface area (TPSA) is 63.4 Å². The Balaban J connectivity index is 1.88. The summed E-state index contributed by atoms with van der Waals surface area (Å²) in [6, 6.07) is 1.02. The summed E-state index contributed by atoms with van der Waals surface area (Å²) in [5.74, 6) is 0. The average molecular weight is 224 g/mol. The molecule has 1 N–H and O–H groups in total. The van der Waals surface area contributed by atoms with Crippen LogP contribution in [-0.4, -0.2) is 43.0 Å². The van der Waals surface area contributed by atoms with Crippen LogP contribution in [0, 0.1) is 0 Å². The quantitative estimate of drug-likeness (QED) is 0.592. The first kappa shape index (κ1) is 10.9. The summed E-state index contributed by atoms with van der Waals surface area (Å²) in [6.45, 7) is 7.42. The van der Waals surface area contributed by atoms with E-state index in [1.165, 1.54) is 0 Å². The summed E-state index contributed by atoms with van der Waals surface area (Å²) >= 11 is 0. The van der Waals surface area contributed by atoms with Gasteiger partial charge in [0, 0.05) is 19.6 Å². The van der Waals surface area contributed by atoms with Crippen LogP contribution in [0.15, 0.2) is 17.1 Å². The number of anilines is 2. The minimum atomic E-state index is 0.461. The van der Waals surface area contributed by atoms with Gasteiger partial charge < -0.3 is 19.4 Å². The number of aromatic nitrogens is 2. The molecule has 1 aromatic heterocycles. The molecule has 0 atom stereocenters. The van der Waals surface area contributed by atoms with Crippen molar-refractivity contribution in [1.29, 1.82) is 0 Å². The first-order valence-corrected chi connectivity index (χ1v) is 5.41. The molecule has 0 bridgehead atoms. The van der Waals surface area contributed by atoms with Crippen molar-refractivity contribution < 1.29 is 9.15 Å². The predicted octanol–water partition coefficient (Wildman–Crippen LogP) is 0.894. The van der Waals surface area contributed by atoms with Gasteiger partial charge in [-0.05, 0) is 6.42 Å². The maximum atomic E-state index is 5.47. The fraction of sp³-hybridized carbons (Fsp3) is 0.600. The highest BCUT2D eigenvalue weighted by atomic mass is 16.5. The Morgan fingerprint density at radius 3 is 2.94 bits per heavy atom. The van der Waals surface area contributed by atoms with Crippen molar-refractivity contribution in [2.24, 2.45) is 0 Å². The molecule has 0 saturated carbocycles. The van der Waals surface area contributed by atoms with Crippen LogP contribution < -0.4 is 10.2 Å². The fourth-order valence-electron chi connectivity index (χ4n) is 1.45. The molecule has 0 aromatic carbocycles. The van der Waals surface area contributed by atoms with Crippen LogP contribution in [0.4, 0.5) is 12.0 Å². The molecule has 0 unspecified atom stereocenters. The summed E-state index contributed by atoms with van der Waals surface area (Å²) in [7, 11) is 0. The number of nitrogens with zero attached hydrogens (tertiary/aromatic N) is 3. The lowest BCUT2D eigenvalue weighted by Crippen LogP contribution is -2.36. The van der Waals surface area contributed by atoms with Crippen LogP contribution in [0.5, 0.6) is 0 Å². The van der Waals surface area contributed by atoms with E-state index in [9.17, 15) is 0 Å². The summed E-state index contributed by atoms with van der Waals surface area (Å²) in [5.41, 5.74) is 0. The van der Waals surface area contributed by atoms with Gasteiger partial charge in [0.05, 0.1) is 13.2 Å². The zero-order valence-electron chi connectivity index (χ0n) is 9.19. The van der Waals surface area contributed by atoms with Crippen LogP contribution in [-0.2, 0) is 4.74 Å². The van der Waals surface area contributed by atoms with Gasteiger partial charge in [0.2, 0.25) is 0 Å². The predicted molar refractivity (Wildman–Crippen MR) is 60.6 cm³/mol. The van der Waals surface area contributed by atoms with Crippen molar-refractivity contribution in [1.82, 2.24) is 10.2 Å². The maximum absolute atomic E-state index is 5.47. The molecule has 0 spiro atoms. The molecule has 88 valence electrons. The Bertz CT molecular complexity index is 333. The van der Waals surface area contributed by atoms with Crippen molar-refractivity contribution in [3.05, 3.63) is 12.7 Å². The van der Waals surface area contributed by atoms with E-state index >= 15 is 0 Å². The van der Waals surface area contributed by atoms with E-state index in [-0.39, 0.29) is 0 Å². The molecule has 1 aromatic rings. The number of nitrogens with one attached hydrogen (secondary N) is 1. The van der Waals surface area contributed by atoms with Gasteiger partial charge >= 0.3 is 12.0 Å². The minimum Gasteiger partial charge on any atom is -0.389 e. The molecule has 1 saturated heterocycles. The van der Waals surface area contributed by atoms with E-state index in [0.717, 1.165) is 26.1 Å². The standard InChI is InChI=1S/C10H16N4O2/c1-2-3-4-11-9-12-13-10(16-9)14-5-7-15-8-6-14/h2H,1,3-8H2,(H,11,12). The molecular formula is C10H16N4O2. The summed E-state index contributed by atoms with van der Waals surface area (Å²) in [4.78, 5) is 2.02. The van der Waals surface area contributed by atoms with Gasteiger partial charge in [-0.25, -0.2) is 0 Å². The summed E-state index contributed by atoms with van der Waals surface area (Å²) in [5, 5.41) is 10.9. The van der Waals surface area contributed by atoms with Gasteiger partial charge in [-0.15, -0.1) is 6.58 Å². The Morgan fingerprint density at radius 1 is 1.38 bits per heavy atom. The number of rotatable bonds is 5. The molecule has 1 aliphatic heterocycles. The molecule has 16 heavy (non-hydrogen) atoms. The molecule has 2 heterocycles. The first-order valence-electron chi connectivity index (χ1n) is 5.41. The zero-order chi connectivity index (χ0) is 11.2. The monoisotopic (exact) mass is 224 g/mol. The van der Waals surface area contributed by atoms with Crippen molar-refractivity contribution in [3.8, 4) is 0 Å². The van der Waals surface area contributed by atoms with E-state index < -0.39 is 0 Å². The van der Waals surface area contributed by atoms with E-state index in [1.807, 2.05) is 11.0 Å². The molecule has 6 heteroatoms. The van der Waals surface area contributed by atoms with Crippen molar-refractivity contribution >= 4 is 12.0 Å². The van der Waals surface area contributed by atoms with Gasteiger partial charge in [0.1, 0.15) is 0 Å². The Hall–Kier alpha value is -1.56. The molecule has 2 rings (SSSR count). The SMILES string of the molecule is C=CCCNc1nnc(N2CCOCC2)o1. The summed E-state index contributed by atoms with van der Waals surface area (Å²) in [6.07, 6.45) is 2.71. The van der Waals surface area contributed by atoms with Crippen LogP contribution in [0.2, 0.25) is 0 Å². The van der Waals surface area contributed by atoms with Gasteiger partial charge in [-0.1, -0.05) is 16.3 Å². The van der Waals surface area contributed by atoms with E-state index in [4.69, 9.17) is 9.15 Å². The van der Waals surface area contributed by atoms with E-state index in [2.05, 4.69) is 22.1 Å². The fourth-order valence-corrected chi connectivity index (χ4v) is 1.45. The first-order chi connectivity index (χ1) is 7.90. The van der Waals surface area contributed by atoms with Crippen LogP contribution in [0.3, 0.4) is 0 Å². The lowest BCUT2D eigenvalue weighted by Gasteiger charge is -2.24. The maximum Gasteiger partial charge on any atom is 0.319 e. The number of hydrogen-bond donors (Lipinski definition) is 1. The Labute approximate surface area is 94.3 Å². The number of morpholine rings is 1. The third-order valence-electron chi connectivity index (χ3n) is 2.32. The highest BCUT2D eigenvalue weighted by Crippen LogP contribution is 2.16. The molecule has 1 aliphatic rings. The van der Waals surface area contributed by atoms with E-state index in [1.54, 1.807) is 0 Å². The average Bonchev–Trinajstić information content (AvgIpc) is 2.79. The smallest absolute Gasteiger partial charge is 0.319 e. The Kier molecular flexibility index (Phi) is 3.76. The van der Waals surface area contributed by atoms with Crippen molar-refractivity contribution in [3.63, 3.8) is 0 Å². The highest BCUT2D eigenvalue weighted by Gasteiger charge is 2.16. The second-order valence-corrected chi connectivity index (χ2v) is 3.49.